The molecule has 1 aromatic rings. The minimum atomic E-state index is -0.306. The highest BCUT2D eigenvalue weighted by atomic mass is 16.2. The summed E-state index contributed by atoms with van der Waals surface area (Å²) in [6, 6.07) is 8.55. The lowest BCUT2D eigenvalue weighted by Gasteiger charge is -2.37. The normalized spacial score (nSPS) is 21.4. The van der Waals surface area contributed by atoms with Crippen molar-refractivity contribution in [3.8, 4) is 6.07 Å². The van der Waals surface area contributed by atoms with Crippen molar-refractivity contribution in [3.63, 3.8) is 0 Å². The Kier molecular flexibility index (Phi) is 3.03. The summed E-state index contributed by atoms with van der Waals surface area (Å²) in [5.74, 6) is -0.115. The predicted molar refractivity (Wildman–Crippen MR) is 70.0 cm³/mol. The maximum atomic E-state index is 12.3. The summed E-state index contributed by atoms with van der Waals surface area (Å²) in [6.45, 7) is 0.945. The number of hydrazine groups is 1. The Bertz CT molecular complexity index is 590. The van der Waals surface area contributed by atoms with E-state index >= 15 is 0 Å². The van der Waals surface area contributed by atoms with Crippen molar-refractivity contribution < 1.29 is 9.59 Å². The molecule has 0 spiro atoms. The van der Waals surface area contributed by atoms with Crippen LogP contribution in [-0.2, 0) is 11.3 Å². The Labute approximate surface area is 116 Å². The molecule has 1 N–H and O–H groups in total. The van der Waals surface area contributed by atoms with Crippen molar-refractivity contribution in [2.24, 2.45) is 0 Å². The number of rotatable bonds is 2. The zero-order valence-corrected chi connectivity index (χ0v) is 10.9. The van der Waals surface area contributed by atoms with Gasteiger partial charge in [-0.05, 0) is 30.5 Å². The zero-order chi connectivity index (χ0) is 14.1. The van der Waals surface area contributed by atoms with Gasteiger partial charge in [0.2, 0.25) is 0 Å². The summed E-state index contributed by atoms with van der Waals surface area (Å²) < 4.78 is 0. The molecule has 0 radical (unpaired) electrons. The lowest BCUT2D eigenvalue weighted by molar-refractivity contribution is -0.132. The molecule has 2 heterocycles. The van der Waals surface area contributed by atoms with Gasteiger partial charge in [-0.25, -0.2) is 9.80 Å². The number of carbonyl (C=O) groups is 2. The van der Waals surface area contributed by atoms with E-state index in [-0.39, 0.29) is 18.0 Å². The second kappa shape index (κ2) is 4.85. The van der Waals surface area contributed by atoms with Crippen molar-refractivity contribution in [1.29, 1.82) is 5.26 Å². The second-order valence-corrected chi connectivity index (χ2v) is 5.00. The summed E-state index contributed by atoms with van der Waals surface area (Å²) in [6.07, 6.45) is 1.61. The van der Waals surface area contributed by atoms with Gasteiger partial charge in [-0.15, -0.1) is 0 Å². The van der Waals surface area contributed by atoms with Gasteiger partial charge in [-0.2, -0.15) is 5.26 Å². The Hall–Kier alpha value is -2.55. The van der Waals surface area contributed by atoms with Crippen molar-refractivity contribution in [2.45, 2.75) is 25.4 Å². The Balaban J connectivity index is 1.75. The Morgan fingerprint density at radius 3 is 2.75 bits per heavy atom. The van der Waals surface area contributed by atoms with E-state index < -0.39 is 0 Å². The summed E-state index contributed by atoms with van der Waals surface area (Å²) in [7, 11) is 0. The first-order chi connectivity index (χ1) is 9.69. The highest BCUT2D eigenvalue weighted by Gasteiger charge is 2.41. The van der Waals surface area contributed by atoms with E-state index in [9.17, 15) is 9.59 Å². The first-order valence-corrected chi connectivity index (χ1v) is 6.57. The Morgan fingerprint density at radius 2 is 2.05 bits per heavy atom. The molecule has 1 unspecified atom stereocenters. The molecule has 0 aliphatic carbocycles. The first kappa shape index (κ1) is 12.5. The fraction of sp³-hybridized carbons (Fsp3) is 0.357. The highest BCUT2D eigenvalue weighted by molar-refractivity contribution is 5.92. The van der Waals surface area contributed by atoms with Gasteiger partial charge in [0, 0.05) is 6.54 Å². The Morgan fingerprint density at radius 1 is 1.30 bits per heavy atom. The average molecular weight is 270 g/mol. The van der Waals surface area contributed by atoms with Crippen LogP contribution in [0.2, 0.25) is 0 Å². The van der Waals surface area contributed by atoms with E-state index in [1.165, 1.54) is 5.01 Å². The van der Waals surface area contributed by atoms with Crippen LogP contribution in [-0.4, -0.2) is 34.4 Å². The highest BCUT2D eigenvalue weighted by Crippen LogP contribution is 2.23. The van der Waals surface area contributed by atoms with Crippen LogP contribution in [0.1, 0.15) is 24.0 Å². The molecule has 0 aromatic heterocycles. The first-order valence-electron chi connectivity index (χ1n) is 6.57. The zero-order valence-electron chi connectivity index (χ0n) is 10.9. The molecule has 2 fully saturated rings. The predicted octanol–water partition coefficient (Wildman–Crippen LogP) is 0.989. The van der Waals surface area contributed by atoms with Crippen LogP contribution in [0, 0.1) is 11.3 Å². The largest absolute Gasteiger partial charge is 0.339 e. The quantitative estimate of drug-likeness (QED) is 0.870. The molecular weight excluding hydrogens is 256 g/mol. The lowest BCUT2D eigenvalue weighted by atomic mass is 10.1. The number of amides is 3. The standard InChI is InChI=1S/C14H14N4O2/c15-8-10-3-5-11(6-4-10)9-18-14(20)17-7-1-2-12(17)13(19)16-18/h3-6,12H,1-2,7,9H2,(H,16,19). The minimum absolute atomic E-state index is 0.115. The number of nitrogens with zero attached hydrogens (tertiary/aromatic N) is 3. The van der Waals surface area contributed by atoms with Gasteiger partial charge >= 0.3 is 6.03 Å². The minimum Gasteiger partial charge on any atom is -0.311 e. The third-order valence-corrected chi connectivity index (χ3v) is 3.70. The maximum Gasteiger partial charge on any atom is 0.339 e. The van der Waals surface area contributed by atoms with E-state index in [1.807, 2.05) is 6.07 Å². The number of urea groups is 1. The van der Waals surface area contributed by atoms with E-state index in [0.717, 1.165) is 18.4 Å². The molecule has 1 atom stereocenters. The van der Waals surface area contributed by atoms with Crippen LogP contribution in [0.5, 0.6) is 0 Å². The lowest BCUT2D eigenvalue weighted by Crippen LogP contribution is -2.63. The van der Waals surface area contributed by atoms with E-state index in [4.69, 9.17) is 5.26 Å². The molecule has 2 aliphatic rings. The van der Waals surface area contributed by atoms with Crippen LogP contribution < -0.4 is 5.43 Å². The van der Waals surface area contributed by atoms with Crippen molar-refractivity contribution in [2.75, 3.05) is 6.54 Å². The van der Waals surface area contributed by atoms with E-state index in [2.05, 4.69) is 5.43 Å². The van der Waals surface area contributed by atoms with Crippen molar-refractivity contribution in [3.05, 3.63) is 35.4 Å². The monoisotopic (exact) mass is 270 g/mol. The number of benzene rings is 1. The topological polar surface area (TPSA) is 76.4 Å². The number of hydrogen-bond acceptors (Lipinski definition) is 3. The van der Waals surface area contributed by atoms with Gasteiger partial charge in [0.25, 0.3) is 5.91 Å². The summed E-state index contributed by atoms with van der Waals surface area (Å²) in [5, 5.41) is 10.1. The van der Waals surface area contributed by atoms with Crippen LogP contribution in [0.15, 0.2) is 24.3 Å². The van der Waals surface area contributed by atoms with E-state index in [1.54, 1.807) is 29.2 Å². The van der Waals surface area contributed by atoms with Crippen LogP contribution in [0.25, 0.3) is 0 Å². The fourth-order valence-corrected chi connectivity index (χ4v) is 2.65. The molecule has 2 aliphatic heterocycles. The molecular formula is C14H14N4O2. The van der Waals surface area contributed by atoms with Gasteiger partial charge in [0.15, 0.2) is 0 Å². The second-order valence-electron chi connectivity index (χ2n) is 5.00. The molecule has 3 amide bonds. The number of carbonyl (C=O) groups excluding carboxylic acids is 2. The van der Waals surface area contributed by atoms with Gasteiger partial charge in [0.1, 0.15) is 6.04 Å². The molecule has 20 heavy (non-hydrogen) atoms. The molecule has 102 valence electrons. The summed E-state index contributed by atoms with van der Waals surface area (Å²) >= 11 is 0. The van der Waals surface area contributed by atoms with Gasteiger partial charge in [0.05, 0.1) is 18.2 Å². The van der Waals surface area contributed by atoms with Crippen molar-refractivity contribution in [1.82, 2.24) is 15.3 Å². The van der Waals surface area contributed by atoms with Gasteiger partial charge in [-0.3, -0.25) is 10.2 Å². The van der Waals surface area contributed by atoms with Crippen LogP contribution >= 0.6 is 0 Å². The van der Waals surface area contributed by atoms with Crippen LogP contribution in [0.4, 0.5) is 4.79 Å². The third kappa shape index (κ3) is 2.07. The van der Waals surface area contributed by atoms with Crippen molar-refractivity contribution >= 4 is 11.9 Å². The molecule has 6 nitrogen and oxygen atoms in total. The smallest absolute Gasteiger partial charge is 0.311 e. The molecule has 6 heteroatoms. The molecule has 0 bridgehead atoms. The number of fused-ring (bicyclic) bond motifs is 1. The fourth-order valence-electron chi connectivity index (χ4n) is 2.65. The van der Waals surface area contributed by atoms with Gasteiger partial charge in [-0.1, -0.05) is 12.1 Å². The van der Waals surface area contributed by atoms with E-state index in [0.29, 0.717) is 18.7 Å². The number of nitriles is 1. The third-order valence-electron chi connectivity index (χ3n) is 3.70. The summed E-state index contributed by atoms with van der Waals surface area (Å²) in [4.78, 5) is 25.8. The summed E-state index contributed by atoms with van der Waals surface area (Å²) in [5.41, 5.74) is 4.10. The SMILES string of the molecule is N#Cc1ccc(CN2NC(=O)C3CCCN3C2=O)cc1. The average Bonchev–Trinajstić information content (AvgIpc) is 2.95. The van der Waals surface area contributed by atoms with Gasteiger partial charge < -0.3 is 4.90 Å². The molecule has 0 saturated carbocycles. The van der Waals surface area contributed by atoms with Crippen LogP contribution in [0.3, 0.4) is 0 Å². The number of hydrogen-bond donors (Lipinski definition) is 1. The number of nitrogens with one attached hydrogen (secondary N) is 1. The maximum absolute atomic E-state index is 12.3. The molecule has 3 rings (SSSR count). The molecule has 2 saturated heterocycles. The molecule has 1 aromatic carbocycles.